The van der Waals surface area contributed by atoms with E-state index in [4.69, 9.17) is 9.47 Å². The van der Waals surface area contributed by atoms with E-state index in [9.17, 15) is 20.0 Å². The van der Waals surface area contributed by atoms with E-state index in [1.54, 1.807) is 13.0 Å². The van der Waals surface area contributed by atoms with Crippen LogP contribution in [0.1, 0.15) is 48.5 Å². The van der Waals surface area contributed by atoms with Crippen molar-refractivity contribution in [3.05, 3.63) is 23.3 Å². The minimum absolute atomic E-state index is 0.0482. The largest absolute Gasteiger partial charge is 0.489 e. The zero-order valence-electron chi connectivity index (χ0n) is 17.4. The molecule has 3 rings (SSSR count). The van der Waals surface area contributed by atoms with Gasteiger partial charge in [-0.05, 0) is 38.9 Å². The van der Waals surface area contributed by atoms with Crippen molar-refractivity contribution in [2.75, 3.05) is 39.4 Å². The number of likely N-dealkylation sites (tertiary alicyclic amines) is 1. The molecule has 0 aliphatic carbocycles. The molecule has 2 atom stereocenters. The standard InChI is InChI=1S/C22H29N3O5/c1-15(26)4-2-6-25-7-5-17(19(27)14-25)13-24-22(28)18-10-16(12-23)11-20-21(18)30-9-3-8-29-20/h10-11,17,19,27H,2-9,13-14H2,1H3,(H,24,28)/t17-,19+/m0/s1. The van der Waals surface area contributed by atoms with Crippen molar-refractivity contribution >= 4 is 11.7 Å². The van der Waals surface area contributed by atoms with Crippen LogP contribution in [0.15, 0.2) is 12.1 Å². The normalized spacial score (nSPS) is 21.4. The molecule has 8 nitrogen and oxygen atoms in total. The molecule has 1 aromatic carbocycles. The summed E-state index contributed by atoms with van der Waals surface area (Å²) < 4.78 is 11.3. The molecule has 0 radical (unpaired) electrons. The number of nitriles is 1. The number of β-amino-alcohol motifs (C(OH)–C–C–N with tert-alkyl or cyclic N) is 1. The maximum absolute atomic E-state index is 12.8. The SMILES string of the molecule is CC(=O)CCCN1CC[C@@H](CNC(=O)c2cc(C#N)cc3c2OCCCO3)[C@H](O)C1. The summed E-state index contributed by atoms with van der Waals surface area (Å²) >= 11 is 0. The monoisotopic (exact) mass is 415 g/mol. The smallest absolute Gasteiger partial charge is 0.255 e. The van der Waals surface area contributed by atoms with Crippen LogP contribution < -0.4 is 14.8 Å². The zero-order chi connectivity index (χ0) is 21.5. The quantitative estimate of drug-likeness (QED) is 0.694. The van der Waals surface area contributed by atoms with Crippen LogP contribution in [0.4, 0.5) is 0 Å². The maximum atomic E-state index is 12.8. The van der Waals surface area contributed by atoms with Crippen LogP contribution in [0.3, 0.4) is 0 Å². The third-order valence-corrected chi connectivity index (χ3v) is 5.55. The van der Waals surface area contributed by atoms with Gasteiger partial charge in [-0.1, -0.05) is 0 Å². The van der Waals surface area contributed by atoms with Crippen LogP contribution in [0.25, 0.3) is 0 Å². The second-order valence-electron chi connectivity index (χ2n) is 7.95. The highest BCUT2D eigenvalue weighted by Crippen LogP contribution is 2.35. The molecule has 162 valence electrons. The predicted molar refractivity (Wildman–Crippen MR) is 110 cm³/mol. The lowest BCUT2D eigenvalue weighted by Crippen LogP contribution is -2.47. The van der Waals surface area contributed by atoms with E-state index in [0.717, 1.165) is 25.9 Å². The number of hydrogen-bond donors (Lipinski definition) is 2. The van der Waals surface area contributed by atoms with Gasteiger partial charge in [0, 0.05) is 37.9 Å². The molecule has 0 aromatic heterocycles. The molecule has 2 aliphatic heterocycles. The van der Waals surface area contributed by atoms with Crippen LogP contribution >= 0.6 is 0 Å². The number of amides is 1. The van der Waals surface area contributed by atoms with E-state index in [0.29, 0.717) is 56.2 Å². The minimum Gasteiger partial charge on any atom is -0.489 e. The molecule has 2 aliphatic rings. The third-order valence-electron chi connectivity index (χ3n) is 5.55. The number of ether oxygens (including phenoxy) is 2. The average molecular weight is 415 g/mol. The summed E-state index contributed by atoms with van der Waals surface area (Å²) in [4.78, 5) is 26.1. The molecule has 0 unspecified atom stereocenters. The molecule has 30 heavy (non-hydrogen) atoms. The number of benzene rings is 1. The number of fused-ring (bicyclic) bond motifs is 1. The Morgan fingerprint density at radius 2 is 2.13 bits per heavy atom. The second-order valence-corrected chi connectivity index (χ2v) is 7.95. The van der Waals surface area contributed by atoms with E-state index >= 15 is 0 Å². The minimum atomic E-state index is -0.543. The van der Waals surface area contributed by atoms with Gasteiger partial charge < -0.3 is 29.6 Å². The topological polar surface area (TPSA) is 112 Å². The first-order chi connectivity index (χ1) is 14.5. The summed E-state index contributed by atoms with van der Waals surface area (Å²) in [5.41, 5.74) is 0.616. The van der Waals surface area contributed by atoms with Crippen molar-refractivity contribution in [2.24, 2.45) is 5.92 Å². The van der Waals surface area contributed by atoms with E-state index in [-0.39, 0.29) is 23.2 Å². The Hall–Kier alpha value is -2.63. The number of rotatable bonds is 7. The number of nitrogens with zero attached hydrogens (tertiary/aromatic N) is 2. The van der Waals surface area contributed by atoms with E-state index in [1.165, 1.54) is 6.07 Å². The highest BCUT2D eigenvalue weighted by Gasteiger charge is 2.29. The Balaban J connectivity index is 1.57. The van der Waals surface area contributed by atoms with Gasteiger partial charge in [-0.25, -0.2) is 0 Å². The van der Waals surface area contributed by atoms with Gasteiger partial charge in [0.15, 0.2) is 11.5 Å². The summed E-state index contributed by atoms with van der Waals surface area (Å²) in [5.74, 6) is 0.569. The van der Waals surface area contributed by atoms with Crippen LogP contribution in [0, 0.1) is 17.2 Å². The molecular formula is C22H29N3O5. The van der Waals surface area contributed by atoms with Gasteiger partial charge in [-0.2, -0.15) is 5.26 Å². The van der Waals surface area contributed by atoms with Gasteiger partial charge in [0.2, 0.25) is 0 Å². The van der Waals surface area contributed by atoms with E-state index in [1.807, 2.05) is 0 Å². The Kier molecular flexibility index (Phi) is 7.66. The molecule has 1 saturated heterocycles. The summed E-state index contributed by atoms with van der Waals surface area (Å²) in [6, 6.07) is 5.15. The van der Waals surface area contributed by atoms with Gasteiger partial charge >= 0.3 is 0 Å². The van der Waals surface area contributed by atoms with Crippen molar-refractivity contribution in [3.63, 3.8) is 0 Å². The van der Waals surface area contributed by atoms with Crippen LogP contribution in [0.5, 0.6) is 11.5 Å². The molecule has 8 heteroatoms. The molecule has 2 heterocycles. The summed E-state index contributed by atoms with van der Waals surface area (Å²) in [7, 11) is 0. The van der Waals surface area contributed by atoms with Crippen molar-refractivity contribution < 1.29 is 24.2 Å². The first-order valence-electron chi connectivity index (χ1n) is 10.5. The highest BCUT2D eigenvalue weighted by atomic mass is 16.5. The molecule has 0 spiro atoms. The molecule has 2 N–H and O–H groups in total. The molecule has 1 amide bonds. The average Bonchev–Trinajstić information content (AvgIpc) is 2.97. The van der Waals surface area contributed by atoms with Gasteiger partial charge in [-0.15, -0.1) is 0 Å². The fourth-order valence-corrected chi connectivity index (χ4v) is 3.86. The van der Waals surface area contributed by atoms with Crippen LogP contribution in [0.2, 0.25) is 0 Å². The number of carbonyl (C=O) groups excluding carboxylic acids is 2. The first kappa shape index (κ1) is 22.1. The fourth-order valence-electron chi connectivity index (χ4n) is 3.86. The first-order valence-corrected chi connectivity index (χ1v) is 10.5. The number of Topliss-reactive ketones (excluding diaryl/α,β-unsaturated/α-hetero) is 1. The number of piperidine rings is 1. The van der Waals surface area contributed by atoms with Crippen molar-refractivity contribution in [2.45, 2.75) is 38.7 Å². The Labute approximate surface area is 176 Å². The predicted octanol–water partition coefficient (Wildman–Crippen LogP) is 1.50. The molecular weight excluding hydrogens is 386 g/mol. The Morgan fingerprint density at radius 3 is 2.87 bits per heavy atom. The lowest BCUT2D eigenvalue weighted by molar-refractivity contribution is -0.117. The summed E-state index contributed by atoms with van der Waals surface area (Å²) in [5, 5.41) is 22.6. The lowest BCUT2D eigenvalue weighted by Gasteiger charge is -2.36. The molecule has 1 fully saturated rings. The van der Waals surface area contributed by atoms with E-state index < -0.39 is 6.10 Å². The molecule has 1 aromatic rings. The van der Waals surface area contributed by atoms with Crippen molar-refractivity contribution in [1.82, 2.24) is 10.2 Å². The lowest BCUT2D eigenvalue weighted by atomic mass is 9.93. The Bertz CT molecular complexity index is 820. The highest BCUT2D eigenvalue weighted by molar-refractivity contribution is 5.98. The van der Waals surface area contributed by atoms with Gasteiger partial charge in [0.25, 0.3) is 5.91 Å². The van der Waals surface area contributed by atoms with Gasteiger partial charge in [-0.3, -0.25) is 4.79 Å². The number of ketones is 1. The zero-order valence-corrected chi connectivity index (χ0v) is 17.4. The number of carbonyl (C=O) groups is 2. The van der Waals surface area contributed by atoms with Gasteiger partial charge in [0.1, 0.15) is 5.78 Å². The third kappa shape index (κ3) is 5.71. The number of hydrogen-bond acceptors (Lipinski definition) is 7. The molecule has 0 bridgehead atoms. The summed E-state index contributed by atoms with van der Waals surface area (Å²) in [6.07, 6.45) is 2.28. The van der Waals surface area contributed by atoms with Crippen LogP contribution in [-0.2, 0) is 4.79 Å². The Morgan fingerprint density at radius 1 is 1.33 bits per heavy atom. The fraction of sp³-hybridized carbons (Fsp3) is 0.591. The molecule has 0 saturated carbocycles. The number of nitrogens with one attached hydrogen (secondary N) is 1. The van der Waals surface area contributed by atoms with Crippen molar-refractivity contribution in [3.8, 4) is 17.6 Å². The second kappa shape index (κ2) is 10.4. The maximum Gasteiger partial charge on any atom is 0.255 e. The number of aliphatic hydroxyl groups excluding tert-OH is 1. The van der Waals surface area contributed by atoms with Crippen LogP contribution in [-0.4, -0.2) is 67.2 Å². The summed E-state index contributed by atoms with van der Waals surface area (Å²) in [6.45, 7) is 5.00. The van der Waals surface area contributed by atoms with Gasteiger partial charge in [0.05, 0.1) is 36.5 Å². The number of aliphatic hydroxyl groups is 1. The van der Waals surface area contributed by atoms with Crippen molar-refractivity contribution in [1.29, 1.82) is 5.26 Å². The van der Waals surface area contributed by atoms with E-state index in [2.05, 4.69) is 16.3 Å².